The summed E-state index contributed by atoms with van der Waals surface area (Å²) in [6.07, 6.45) is -0.153. The lowest BCUT2D eigenvalue weighted by molar-refractivity contribution is -0.0487. The third kappa shape index (κ3) is 7.27. The van der Waals surface area contributed by atoms with Gasteiger partial charge in [-0.1, -0.05) is 182 Å². The zero-order chi connectivity index (χ0) is 32.2. The summed E-state index contributed by atoms with van der Waals surface area (Å²) < 4.78 is 20.2. The molecule has 0 amide bonds. The van der Waals surface area contributed by atoms with Gasteiger partial charge in [0.25, 0.3) is 0 Å². The highest BCUT2D eigenvalue weighted by molar-refractivity contribution is 7.98. The van der Waals surface area contributed by atoms with Crippen molar-refractivity contribution in [3.05, 3.63) is 215 Å². The minimum atomic E-state index is -0.779. The van der Waals surface area contributed by atoms with Crippen LogP contribution in [0.5, 0.6) is 0 Å². The van der Waals surface area contributed by atoms with Crippen molar-refractivity contribution in [1.82, 2.24) is 0 Å². The highest BCUT2D eigenvalue weighted by atomic mass is 32.2. The van der Waals surface area contributed by atoms with Crippen molar-refractivity contribution in [2.24, 2.45) is 0 Å². The molecule has 6 aromatic carbocycles. The van der Waals surface area contributed by atoms with Crippen molar-refractivity contribution in [2.45, 2.75) is 24.2 Å². The standard InChI is InChI=1S/C43H40O3S/c1-35(32-45-42(36-20-8-2-9-21-36,37-22-10-3-11-23-37)38-24-12-4-13-25-38)44-33-47-34-46-43(39-26-14-5-15-27-39,40-28-16-6-17-29-40)41-30-18-7-19-31-41/h2-31,35H,32-34H2,1H3. The predicted octanol–water partition coefficient (Wildman–Crippen LogP) is 10.1. The summed E-state index contributed by atoms with van der Waals surface area (Å²) in [5.41, 5.74) is 4.94. The van der Waals surface area contributed by atoms with Crippen LogP contribution in [0.4, 0.5) is 0 Å². The smallest absolute Gasteiger partial charge is 0.144 e. The summed E-state index contributed by atoms with van der Waals surface area (Å²) in [5.74, 6) is 0.905. The first-order valence-electron chi connectivity index (χ1n) is 16.0. The minimum Gasteiger partial charge on any atom is -0.365 e. The average Bonchev–Trinajstić information content (AvgIpc) is 3.16. The maximum absolute atomic E-state index is 6.97. The summed E-state index contributed by atoms with van der Waals surface area (Å²) in [4.78, 5) is 0. The van der Waals surface area contributed by atoms with Crippen molar-refractivity contribution in [2.75, 3.05) is 18.5 Å². The summed E-state index contributed by atoms with van der Waals surface area (Å²) in [6, 6.07) is 62.7. The molecule has 6 aromatic rings. The quantitative estimate of drug-likeness (QED) is 0.0637. The Labute approximate surface area is 283 Å². The summed E-state index contributed by atoms with van der Waals surface area (Å²) >= 11 is 1.61. The summed E-state index contributed by atoms with van der Waals surface area (Å²) in [5, 5.41) is 0. The fourth-order valence-corrected chi connectivity index (χ4v) is 6.81. The molecule has 0 radical (unpaired) electrons. The van der Waals surface area contributed by atoms with Crippen LogP contribution in [0.25, 0.3) is 0 Å². The van der Waals surface area contributed by atoms with E-state index in [-0.39, 0.29) is 6.10 Å². The molecule has 0 saturated carbocycles. The fraction of sp³-hybridized carbons (Fsp3) is 0.163. The largest absolute Gasteiger partial charge is 0.365 e. The molecule has 0 heterocycles. The van der Waals surface area contributed by atoms with E-state index >= 15 is 0 Å². The van der Waals surface area contributed by atoms with Crippen molar-refractivity contribution < 1.29 is 14.2 Å². The van der Waals surface area contributed by atoms with Gasteiger partial charge >= 0.3 is 0 Å². The molecule has 0 saturated heterocycles. The van der Waals surface area contributed by atoms with Gasteiger partial charge in [0.15, 0.2) is 0 Å². The molecular weight excluding hydrogens is 597 g/mol. The van der Waals surface area contributed by atoms with Gasteiger partial charge in [0.05, 0.1) is 24.6 Å². The van der Waals surface area contributed by atoms with Crippen LogP contribution in [0.3, 0.4) is 0 Å². The predicted molar refractivity (Wildman–Crippen MR) is 193 cm³/mol. The first-order valence-corrected chi connectivity index (χ1v) is 17.2. The highest BCUT2D eigenvalue weighted by Crippen LogP contribution is 2.42. The second kappa shape index (κ2) is 15.9. The monoisotopic (exact) mass is 636 g/mol. The Balaban J connectivity index is 1.17. The van der Waals surface area contributed by atoms with E-state index in [9.17, 15) is 0 Å². The third-order valence-electron chi connectivity index (χ3n) is 8.41. The number of ether oxygens (including phenoxy) is 3. The molecule has 236 valence electrons. The van der Waals surface area contributed by atoms with E-state index in [4.69, 9.17) is 14.2 Å². The van der Waals surface area contributed by atoms with Crippen molar-refractivity contribution in [1.29, 1.82) is 0 Å². The molecule has 0 spiro atoms. The third-order valence-corrected chi connectivity index (χ3v) is 9.00. The molecule has 0 N–H and O–H groups in total. The van der Waals surface area contributed by atoms with Crippen LogP contribution >= 0.6 is 11.8 Å². The average molecular weight is 637 g/mol. The lowest BCUT2D eigenvalue weighted by Gasteiger charge is -2.37. The van der Waals surface area contributed by atoms with E-state index < -0.39 is 11.2 Å². The summed E-state index contributed by atoms with van der Waals surface area (Å²) in [7, 11) is 0. The Morgan fingerprint density at radius 1 is 0.404 bits per heavy atom. The van der Waals surface area contributed by atoms with E-state index in [2.05, 4.69) is 153 Å². The van der Waals surface area contributed by atoms with Gasteiger partial charge in [-0.05, 0) is 40.3 Å². The SMILES string of the molecule is CC(COC(c1ccccc1)(c1ccccc1)c1ccccc1)OCSCOC(c1ccccc1)(c1ccccc1)c1ccccc1. The minimum absolute atomic E-state index is 0.153. The lowest BCUT2D eigenvalue weighted by atomic mass is 9.80. The van der Waals surface area contributed by atoms with Gasteiger partial charge in [-0.3, -0.25) is 0 Å². The molecular formula is C43H40O3S. The van der Waals surface area contributed by atoms with Crippen molar-refractivity contribution in [3.8, 4) is 0 Å². The summed E-state index contributed by atoms with van der Waals surface area (Å²) in [6.45, 7) is 2.47. The molecule has 0 aromatic heterocycles. The van der Waals surface area contributed by atoms with E-state index in [0.29, 0.717) is 18.5 Å². The maximum atomic E-state index is 6.97. The molecule has 1 unspecified atom stereocenters. The first-order chi connectivity index (χ1) is 23.2. The fourth-order valence-electron chi connectivity index (χ4n) is 6.16. The van der Waals surface area contributed by atoms with Gasteiger partial charge in [-0.2, -0.15) is 0 Å². The van der Waals surface area contributed by atoms with Crippen molar-refractivity contribution >= 4 is 11.8 Å². The van der Waals surface area contributed by atoms with Crippen LogP contribution in [0, 0.1) is 0 Å². The van der Waals surface area contributed by atoms with E-state index in [0.717, 1.165) is 33.4 Å². The van der Waals surface area contributed by atoms with Crippen LogP contribution in [0.15, 0.2) is 182 Å². The van der Waals surface area contributed by atoms with E-state index in [1.807, 2.05) is 36.4 Å². The van der Waals surface area contributed by atoms with E-state index in [1.165, 1.54) is 0 Å². The van der Waals surface area contributed by atoms with Crippen LogP contribution in [-0.2, 0) is 25.4 Å². The topological polar surface area (TPSA) is 27.7 Å². The van der Waals surface area contributed by atoms with Gasteiger partial charge in [-0.15, -0.1) is 11.8 Å². The molecule has 4 heteroatoms. The first kappa shape index (κ1) is 32.5. The molecule has 0 aliphatic rings. The Kier molecular flexibility index (Phi) is 11.0. The number of hydrogen-bond donors (Lipinski definition) is 0. The zero-order valence-electron chi connectivity index (χ0n) is 26.7. The Morgan fingerprint density at radius 2 is 0.681 bits per heavy atom. The van der Waals surface area contributed by atoms with Gasteiger partial charge in [-0.25, -0.2) is 0 Å². The van der Waals surface area contributed by atoms with Gasteiger partial charge in [0.1, 0.15) is 11.2 Å². The van der Waals surface area contributed by atoms with Crippen LogP contribution in [0.1, 0.15) is 40.3 Å². The lowest BCUT2D eigenvalue weighted by Crippen LogP contribution is -2.35. The molecule has 1 atom stereocenters. The molecule has 47 heavy (non-hydrogen) atoms. The molecule has 0 fully saturated rings. The second-order valence-corrected chi connectivity index (χ2v) is 12.3. The Morgan fingerprint density at radius 3 is 0.979 bits per heavy atom. The van der Waals surface area contributed by atoms with E-state index in [1.54, 1.807) is 11.8 Å². The van der Waals surface area contributed by atoms with Crippen LogP contribution in [-0.4, -0.2) is 24.6 Å². The maximum Gasteiger partial charge on any atom is 0.144 e. The molecule has 0 aliphatic heterocycles. The number of benzene rings is 6. The molecule has 3 nitrogen and oxygen atoms in total. The molecule has 0 aliphatic carbocycles. The van der Waals surface area contributed by atoms with Gasteiger partial charge < -0.3 is 14.2 Å². The Hall–Kier alpha value is -4.45. The number of rotatable bonds is 15. The second-order valence-electron chi connectivity index (χ2n) is 11.4. The Bertz CT molecular complexity index is 1560. The molecule has 0 bridgehead atoms. The normalized spacial score (nSPS) is 12.4. The van der Waals surface area contributed by atoms with Gasteiger partial charge in [0.2, 0.25) is 0 Å². The van der Waals surface area contributed by atoms with Crippen LogP contribution < -0.4 is 0 Å². The van der Waals surface area contributed by atoms with Crippen LogP contribution in [0.2, 0.25) is 0 Å². The molecule has 6 rings (SSSR count). The van der Waals surface area contributed by atoms with Crippen molar-refractivity contribution in [3.63, 3.8) is 0 Å². The number of thioether (sulfide) groups is 1. The number of hydrogen-bond acceptors (Lipinski definition) is 4. The highest BCUT2D eigenvalue weighted by Gasteiger charge is 2.39. The zero-order valence-corrected chi connectivity index (χ0v) is 27.5. The van der Waals surface area contributed by atoms with Gasteiger partial charge in [0, 0.05) is 0 Å².